The molecule has 0 aliphatic heterocycles. The van der Waals surface area contributed by atoms with Gasteiger partial charge in [-0.25, -0.2) is 4.79 Å². The van der Waals surface area contributed by atoms with Crippen molar-refractivity contribution >= 4 is 18.1 Å². The van der Waals surface area contributed by atoms with Crippen molar-refractivity contribution in [3.63, 3.8) is 0 Å². The molecule has 0 spiro atoms. The molecule has 386 valence electrons. The molecule has 0 heterocycles. The molecular weight excluding hydrogens is 813 g/mol. The van der Waals surface area contributed by atoms with Crippen molar-refractivity contribution in [2.45, 2.75) is 273 Å². The Morgan fingerprint density at radius 1 is 0.338 bits per heavy atom. The maximum atomic E-state index is 13.1. The Kier molecular flexibility index (Phi) is 47.2. The van der Waals surface area contributed by atoms with E-state index < -0.39 is 6.16 Å². The predicted molar refractivity (Wildman–Crippen MR) is 275 cm³/mol. The van der Waals surface area contributed by atoms with Crippen LogP contribution in [0.5, 0.6) is 0 Å². The molecule has 0 aromatic rings. The quantitative estimate of drug-likeness (QED) is 0.0336. The van der Waals surface area contributed by atoms with Crippen LogP contribution in [-0.2, 0) is 28.5 Å². The molecule has 9 nitrogen and oxygen atoms in total. The fraction of sp³-hybridized carbons (Fsp3) is 0.946. The second-order valence-corrected chi connectivity index (χ2v) is 19.2. The molecule has 0 unspecified atom stereocenters. The average molecular weight is 924 g/mol. The fourth-order valence-corrected chi connectivity index (χ4v) is 8.91. The molecule has 0 fully saturated rings. The highest BCUT2D eigenvalue weighted by Gasteiger charge is 2.21. The molecule has 0 rings (SSSR count). The fourth-order valence-electron chi connectivity index (χ4n) is 8.91. The first-order valence-electron chi connectivity index (χ1n) is 28.4. The highest BCUT2D eigenvalue weighted by molar-refractivity contribution is 5.72. The molecule has 0 saturated carbocycles. The van der Waals surface area contributed by atoms with E-state index in [-0.39, 0.29) is 29.9 Å². The lowest BCUT2D eigenvalue weighted by atomic mass is 9.94. The minimum absolute atomic E-state index is 0.0117. The predicted octanol–water partition coefficient (Wildman–Crippen LogP) is 15.8. The second kappa shape index (κ2) is 48.6. The summed E-state index contributed by atoms with van der Waals surface area (Å²) in [7, 11) is 0. The van der Waals surface area contributed by atoms with Crippen molar-refractivity contribution < 1.29 is 33.3 Å². The van der Waals surface area contributed by atoms with Gasteiger partial charge in [0.05, 0.1) is 25.0 Å². The molecule has 0 N–H and O–H groups in total. The van der Waals surface area contributed by atoms with E-state index in [1.165, 1.54) is 103 Å². The van der Waals surface area contributed by atoms with E-state index in [0.717, 1.165) is 148 Å². The van der Waals surface area contributed by atoms with Gasteiger partial charge in [0.25, 0.3) is 0 Å². The molecule has 0 aliphatic rings. The Bertz CT molecular complexity index is 954. The Balaban J connectivity index is 4.99. The Labute approximate surface area is 403 Å². The van der Waals surface area contributed by atoms with Gasteiger partial charge in [-0.05, 0) is 83.8 Å². The lowest BCUT2D eigenvalue weighted by Crippen LogP contribution is -2.37. The molecule has 0 atom stereocenters. The normalized spacial score (nSPS) is 11.8. The van der Waals surface area contributed by atoms with Crippen LogP contribution in [0.4, 0.5) is 4.79 Å². The molecular formula is C56H110N2O7. The first-order valence-corrected chi connectivity index (χ1v) is 28.4. The van der Waals surface area contributed by atoms with Crippen LogP contribution >= 0.6 is 0 Å². The van der Waals surface area contributed by atoms with Gasteiger partial charge in [-0.3, -0.25) is 14.5 Å². The minimum atomic E-state index is -0.566. The third kappa shape index (κ3) is 39.8. The number of ether oxygens (including phenoxy) is 4. The summed E-state index contributed by atoms with van der Waals surface area (Å²) in [4.78, 5) is 43.9. The van der Waals surface area contributed by atoms with Crippen LogP contribution in [0.2, 0.25) is 0 Å². The molecule has 0 saturated heterocycles. The number of hydrogen-bond donors (Lipinski definition) is 0. The van der Waals surface area contributed by atoms with Gasteiger partial charge in [0.15, 0.2) is 0 Å². The third-order valence-corrected chi connectivity index (χ3v) is 13.6. The van der Waals surface area contributed by atoms with Gasteiger partial charge in [-0.1, -0.05) is 203 Å². The molecule has 0 bridgehead atoms. The van der Waals surface area contributed by atoms with E-state index in [1.54, 1.807) is 0 Å². The number of unbranched alkanes of at least 4 members (excludes halogenated alkanes) is 22. The van der Waals surface area contributed by atoms with E-state index in [9.17, 15) is 14.4 Å². The summed E-state index contributed by atoms with van der Waals surface area (Å²) in [6.45, 7) is 22.5. The van der Waals surface area contributed by atoms with Crippen LogP contribution in [0.25, 0.3) is 0 Å². The summed E-state index contributed by atoms with van der Waals surface area (Å²) in [6.07, 6.45) is 36.7. The number of rotatable bonds is 50. The van der Waals surface area contributed by atoms with Crippen LogP contribution < -0.4 is 0 Å². The van der Waals surface area contributed by atoms with Crippen LogP contribution in [0.3, 0.4) is 0 Å². The van der Waals surface area contributed by atoms with Crippen LogP contribution in [-0.4, -0.2) is 93.1 Å². The number of esters is 2. The zero-order chi connectivity index (χ0) is 47.9. The van der Waals surface area contributed by atoms with Gasteiger partial charge in [0, 0.05) is 19.6 Å². The van der Waals surface area contributed by atoms with E-state index >= 15 is 0 Å². The summed E-state index contributed by atoms with van der Waals surface area (Å²) in [5, 5.41) is 0. The van der Waals surface area contributed by atoms with Crippen molar-refractivity contribution in [3.8, 4) is 0 Å². The van der Waals surface area contributed by atoms with Gasteiger partial charge in [0.2, 0.25) is 0 Å². The maximum Gasteiger partial charge on any atom is 0.508 e. The number of nitrogens with zero attached hydrogens (tertiary/aromatic N) is 2. The van der Waals surface area contributed by atoms with Gasteiger partial charge < -0.3 is 23.8 Å². The molecule has 65 heavy (non-hydrogen) atoms. The monoisotopic (exact) mass is 923 g/mol. The highest BCUT2D eigenvalue weighted by Crippen LogP contribution is 2.23. The molecule has 0 radical (unpaired) electrons. The summed E-state index contributed by atoms with van der Waals surface area (Å²) < 4.78 is 23.3. The largest absolute Gasteiger partial charge is 0.508 e. The number of carbonyl (C=O) groups is 3. The van der Waals surface area contributed by atoms with Gasteiger partial charge in [-0.2, -0.15) is 0 Å². The SMILES string of the molecule is CCCCCCCC(CCCCCCC)C(=O)OCCCCCCC(CCCCCCOC(=O)C(CCCCCCC)CCCCCCC)OC(=O)OCCN(CC)CCN(CC)CC. The third-order valence-electron chi connectivity index (χ3n) is 13.6. The van der Waals surface area contributed by atoms with E-state index in [2.05, 4.69) is 58.3 Å². The van der Waals surface area contributed by atoms with Crippen LogP contribution in [0.1, 0.15) is 267 Å². The van der Waals surface area contributed by atoms with Crippen LogP contribution in [0, 0.1) is 11.8 Å². The Morgan fingerprint density at radius 2 is 0.662 bits per heavy atom. The number of carbonyl (C=O) groups excluding carboxylic acids is 3. The lowest BCUT2D eigenvalue weighted by Gasteiger charge is -2.25. The van der Waals surface area contributed by atoms with Crippen LogP contribution in [0.15, 0.2) is 0 Å². The van der Waals surface area contributed by atoms with Gasteiger partial charge in [-0.15, -0.1) is 0 Å². The number of likely N-dealkylation sites (N-methyl/N-ethyl adjacent to an activating group) is 2. The molecule has 0 aromatic heterocycles. The van der Waals surface area contributed by atoms with E-state index in [1.807, 2.05) is 0 Å². The van der Waals surface area contributed by atoms with Crippen molar-refractivity contribution in [2.75, 3.05) is 59.1 Å². The van der Waals surface area contributed by atoms with Crippen molar-refractivity contribution in [1.29, 1.82) is 0 Å². The molecule has 9 heteroatoms. The average Bonchev–Trinajstić information content (AvgIpc) is 3.31. The molecule has 0 amide bonds. The smallest absolute Gasteiger partial charge is 0.465 e. The highest BCUT2D eigenvalue weighted by atomic mass is 16.7. The number of hydrogen-bond acceptors (Lipinski definition) is 9. The zero-order valence-electron chi connectivity index (χ0n) is 44.4. The molecule has 0 aliphatic carbocycles. The summed E-state index contributed by atoms with van der Waals surface area (Å²) in [5.74, 6) is 0.108. The van der Waals surface area contributed by atoms with E-state index in [0.29, 0.717) is 26.4 Å². The van der Waals surface area contributed by atoms with Crippen molar-refractivity contribution in [3.05, 3.63) is 0 Å². The summed E-state index contributed by atoms with van der Waals surface area (Å²) >= 11 is 0. The van der Waals surface area contributed by atoms with Crippen molar-refractivity contribution in [1.82, 2.24) is 9.80 Å². The maximum absolute atomic E-state index is 13.1. The standard InChI is InChI=1S/C56H110N2O7/c1-8-15-19-23-31-39-51(40-32-24-20-16-9-2)54(59)62-48-37-29-27-35-43-53(65-56(61)64-50-47-58(14-7)46-45-57(12-5)13-6)44-36-28-30-38-49-63-55(60)52(41-33-25-21-17-10-3)42-34-26-22-18-11-4/h51-53H,8-50H2,1-7H3. The zero-order valence-corrected chi connectivity index (χ0v) is 44.4. The van der Waals surface area contributed by atoms with Gasteiger partial charge in [0.1, 0.15) is 12.7 Å². The molecule has 0 aromatic carbocycles. The summed E-state index contributed by atoms with van der Waals surface area (Å²) in [5.41, 5.74) is 0. The summed E-state index contributed by atoms with van der Waals surface area (Å²) in [6, 6.07) is 0. The minimum Gasteiger partial charge on any atom is -0.465 e. The Morgan fingerprint density at radius 3 is 1.02 bits per heavy atom. The lowest BCUT2D eigenvalue weighted by molar-refractivity contribution is -0.150. The Hall–Kier alpha value is -1.87. The first-order chi connectivity index (χ1) is 31.8. The first kappa shape index (κ1) is 63.1. The second-order valence-electron chi connectivity index (χ2n) is 19.2. The van der Waals surface area contributed by atoms with Crippen molar-refractivity contribution in [2.24, 2.45) is 11.8 Å². The van der Waals surface area contributed by atoms with Gasteiger partial charge >= 0.3 is 18.1 Å². The van der Waals surface area contributed by atoms with E-state index in [4.69, 9.17) is 18.9 Å². The topological polar surface area (TPSA) is 94.6 Å².